The fraction of sp³-hybridized carbons (Fsp3) is 0.538. The summed E-state index contributed by atoms with van der Waals surface area (Å²) >= 11 is 0. The first-order valence-electron chi connectivity index (χ1n) is 6.14. The van der Waals surface area contributed by atoms with Gasteiger partial charge in [0.25, 0.3) is 0 Å². The summed E-state index contributed by atoms with van der Waals surface area (Å²) in [5.74, 6) is -0.876. The molecule has 0 aromatic heterocycles. The third kappa shape index (κ3) is 4.97. The van der Waals surface area contributed by atoms with Crippen molar-refractivity contribution in [3.63, 3.8) is 0 Å². The van der Waals surface area contributed by atoms with Crippen molar-refractivity contribution < 1.29 is 22.3 Å². The molecule has 0 radical (unpaired) electrons. The van der Waals surface area contributed by atoms with Crippen LogP contribution in [-0.4, -0.2) is 40.4 Å². The van der Waals surface area contributed by atoms with Gasteiger partial charge in [0.05, 0.1) is 17.9 Å². The molecule has 3 nitrogen and oxygen atoms in total. The first-order chi connectivity index (χ1) is 9.36. The van der Waals surface area contributed by atoms with E-state index in [9.17, 15) is 17.6 Å². The lowest BCUT2D eigenvalue weighted by Gasteiger charge is -2.21. The normalized spacial score (nSPS) is 11.7. The first-order valence-corrected chi connectivity index (χ1v) is 6.14. The molecule has 0 amide bonds. The molecule has 0 heterocycles. The van der Waals surface area contributed by atoms with E-state index in [1.807, 2.05) is 0 Å². The zero-order chi connectivity index (χ0) is 15.2. The molecule has 1 rings (SSSR count). The summed E-state index contributed by atoms with van der Waals surface area (Å²) in [6.07, 6.45) is -4.53. The van der Waals surface area contributed by atoms with Gasteiger partial charge < -0.3 is 15.0 Å². The van der Waals surface area contributed by atoms with Gasteiger partial charge in [-0.05, 0) is 18.2 Å². The van der Waals surface area contributed by atoms with Crippen LogP contribution in [0.1, 0.15) is 5.56 Å². The van der Waals surface area contributed by atoms with Crippen LogP contribution in [0.4, 0.5) is 23.2 Å². The summed E-state index contributed by atoms with van der Waals surface area (Å²) in [6.45, 7) is 2.30. The Morgan fingerprint density at radius 2 is 1.95 bits per heavy atom. The van der Waals surface area contributed by atoms with Crippen LogP contribution >= 0.6 is 0 Å². The van der Waals surface area contributed by atoms with Gasteiger partial charge in [0.1, 0.15) is 5.82 Å². The minimum Gasteiger partial charge on any atom is -0.383 e. The third-order valence-electron chi connectivity index (χ3n) is 2.79. The molecule has 0 bridgehead atoms. The maximum absolute atomic E-state index is 13.7. The first kappa shape index (κ1) is 16.7. The van der Waals surface area contributed by atoms with E-state index >= 15 is 0 Å². The van der Waals surface area contributed by atoms with Crippen LogP contribution in [0.15, 0.2) is 18.2 Å². The van der Waals surface area contributed by atoms with Crippen molar-refractivity contribution in [1.82, 2.24) is 5.32 Å². The van der Waals surface area contributed by atoms with Gasteiger partial charge in [-0.25, -0.2) is 4.39 Å². The van der Waals surface area contributed by atoms with Crippen molar-refractivity contribution in [1.29, 1.82) is 0 Å². The Morgan fingerprint density at radius 1 is 1.25 bits per heavy atom. The molecule has 1 N–H and O–H groups in total. The van der Waals surface area contributed by atoms with E-state index in [0.29, 0.717) is 32.3 Å². The lowest BCUT2D eigenvalue weighted by atomic mass is 10.2. The molecule has 0 fully saturated rings. The third-order valence-corrected chi connectivity index (χ3v) is 2.79. The van der Waals surface area contributed by atoms with Gasteiger partial charge >= 0.3 is 6.18 Å². The Morgan fingerprint density at radius 3 is 2.50 bits per heavy atom. The molecule has 0 aliphatic carbocycles. The summed E-state index contributed by atoms with van der Waals surface area (Å²) in [7, 11) is 3.22. The molecule has 20 heavy (non-hydrogen) atoms. The van der Waals surface area contributed by atoms with Crippen molar-refractivity contribution in [3.8, 4) is 0 Å². The monoisotopic (exact) mass is 294 g/mol. The van der Waals surface area contributed by atoms with Crippen LogP contribution in [0, 0.1) is 5.82 Å². The smallest absolute Gasteiger partial charge is 0.383 e. The van der Waals surface area contributed by atoms with Gasteiger partial charge in [-0.1, -0.05) is 0 Å². The van der Waals surface area contributed by atoms with Gasteiger partial charge in [-0.2, -0.15) is 13.2 Å². The predicted octanol–water partition coefficient (Wildman–Crippen LogP) is 2.52. The van der Waals surface area contributed by atoms with E-state index in [4.69, 9.17) is 4.74 Å². The minimum absolute atomic E-state index is 0.145. The average Bonchev–Trinajstić information content (AvgIpc) is 2.37. The fourth-order valence-electron chi connectivity index (χ4n) is 1.66. The number of anilines is 1. The van der Waals surface area contributed by atoms with Gasteiger partial charge in [-0.3, -0.25) is 0 Å². The van der Waals surface area contributed by atoms with Crippen LogP contribution in [-0.2, 0) is 10.9 Å². The maximum atomic E-state index is 13.7. The summed E-state index contributed by atoms with van der Waals surface area (Å²) in [5, 5.41) is 3.07. The van der Waals surface area contributed by atoms with Crippen LogP contribution in [0.2, 0.25) is 0 Å². The van der Waals surface area contributed by atoms with E-state index < -0.39 is 17.6 Å². The van der Waals surface area contributed by atoms with Gasteiger partial charge in [0.15, 0.2) is 0 Å². The molecular formula is C13H18F4N2O. The van der Waals surface area contributed by atoms with Gasteiger partial charge in [-0.15, -0.1) is 0 Å². The predicted molar refractivity (Wildman–Crippen MR) is 69.4 cm³/mol. The molecule has 0 aliphatic heterocycles. The Labute approximate surface area is 115 Å². The molecule has 7 heteroatoms. The number of hydrogen-bond acceptors (Lipinski definition) is 3. The largest absolute Gasteiger partial charge is 0.416 e. The molecule has 114 valence electrons. The van der Waals surface area contributed by atoms with Crippen molar-refractivity contribution in [2.75, 3.05) is 45.3 Å². The second-order valence-corrected chi connectivity index (χ2v) is 4.33. The SMILES string of the molecule is COCCNCCN(C)c1ccc(C(F)(F)F)cc1F. The number of ether oxygens (including phenoxy) is 1. The molecule has 0 spiro atoms. The molecule has 0 unspecified atom stereocenters. The minimum atomic E-state index is -4.53. The number of likely N-dealkylation sites (N-methyl/N-ethyl adjacent to an activating group) is 1. The van der Waals surface area contributed by atoms with Crippen molar-refractivity contribution >= 4 is 5.69 Å². The second kappa shape index (κ2) is 7.44. The summed E-state index contributed by atoms with van der Waals surface area (Å²) < 4.78 is 55.8. The number of benzene rings is 1. The Bertz CT molecular complexity index is 423. The highest BCUT2D eigenvalue weighted by atomic mass is 19.4. The molecule has 0 atom stereocenters. The molecule has 0 saturated heterocycles. The summed E-state index contributed by atoms with van der Waals surface area (Å²) in [6, 6.07) is 2.55. The standard InChI is InChI=1S/C13H18F4N2O/c1-19(7-5-18-6-8-20-2)12-4-3-10(9-11(12)14)13(15,16)17/h3-4,9,18H,5-8H2,1-2H3. The highest BCUT2D eigenvalue weighted by Crippen LogP contribution is 2.31. The number of nitrogens with one attached hydrogen (secondary N) is 1. The van der Waals surface area contributed by atoms with Crippen LogP contribution < -0.4 is 10.2 Å². The molecule has 1 aromatic rings. The number of alkyl halides is 3. The quantitative estimate of drug-likeness (QED) is 0.618. The van der Waals surface area contributed by atoms with Gasteiger partial charge in [0.2, 0.25) is 0 Å². The highest BCUT2D eigenvalue weighted by molar-refractivity contribution is 5.48. The lowest BCUT2D eigenvalue weighted by Crippen LogP contribution is -2.31. The van der Waals surface area contributed by atoms with E-state index in [0.717, 1.165) is 12.1 Å². The molecule has 1 aromatic carbocycles. The molecule has 0 aliphatic rings. The lowest BCUT2D eigenvalue weighted by molar-refractivity contribution is -0.137. The van der Waals surface area contributed by atoms with E-state index in [-0.39, 0.29) is 5.69 Å². The van der Waals surface area contributed by atoms with Crippen LogP contribution in [0.25, 0.3) is 0 Å². The Hall–Kier alpha value is -1.34. The molecule has 0 saturated carbocycles. The van der Waals surface area contributed by atoms with E-state index in [1.165, 1.54) is 0 Å². The number of nitrogens with zero attached hydrogens (tertiary/aromatic N) is 1. The second-order valence-electron chi connectivity index (χ2n) is 4.33. The average molecular weight is 294 g/mol. The van der Waals surface area contributed by atoms with Crippen molar-refractivity contribution in [2.45, 2.75) is 6.18 Å². The fourth-order valence-corrected chi connectivity index (χ4v) is 1.66. The molecular weight excluding hydrogens is 276 g/mol. The zero-order valence-electron chi connectivity index (χ0n) is 11.4. The highest BCUT2D eigenvalue weighted by Gasteiger charge is 2.31. The zero-order valence-corrected chi connectivity index (χ0v) is 11.4. The van der Waals surface area contributed by atoms with Crippen LogP contribution in [0.5, 0.6) is 0 Å². The maximum Gasteiger partial charge on any atom is 0.416 e. The summed E-state index contributed by atoms with van der Waals surface area (Å²) in [4.78, 5) is 1.56. The van der Waals surface area contributed by atoms with E-state index in [1.54, 1.807) is 19.1 Å². The number of halogens is 4. The van der Waals surface area contributed by atoms with Crippen molar-refractivity contribution in [2.24, 2.45) is 0 Å². The number of methoxy groups -OCH3 is 1. The number of hydrogen-bond donors (Lipinski definition) is 1. The van der Waals surface area contributed by atoms with Gasteiger partial charge in [0, 0.05) is 33.8 Å². The topological polar surface area (TPSA) is 24.5 Å². The number of rotatable bonds is 7. The Balaban J connectivity index is 2.58. The van der Waals surface area contributed by atoms with E-state index in [2.05, 4.69) is 5.32 Å². The Kier molecular flexibility index (Phi) is 6.22. The van der Waals surface area contributed by atoms with Crippen molar-refractivity contribution in [3.05, 3.63) is 29.6 Å². The van der Waals surface area contributed by atoms with Crippen LogP contribution in [0.3, 0.4) is 0 Å². The summed E-state index contributed by atoms with van der Waals surface area (Å²) in [5.41, 5.74) is -0.836.